The van der Waals surface area contributed by atoms with Crippen LogP contribution >= 0.6 is 0 Å². The lowest BCUT2D eigenvalue weighted by molar-refractivity contribution is -0.0500. The second-order valence-corrected chi connectivity index (χ2v) is 5.88. The number of rotatable bonds is 6. The first-order valence-electron chi connectivity index (χ1n) is 8.21. The highest BCUT2D eigenvalue weighted by Gasteiger charge is 2.09. The lowest BCUT2D eigenvalue weighted by Crippen LogP contribution is -2.23. The molecule has 0 aliphatic heterocycles. The maximum absolute atomic E-state index is 12.4. The topological polar surface area (TPSA) is 64.1 Å². The Morgan fingerprint density at radius 1 is 1.11 bits per heavy atom. The fraction of sp³-hybridized carbons (Fsp3) is 0.150. The van der Waals surface area contributed by atoms with Crippen LogP contribution in [0.15, 0.2) is 61.1 Å². The van der Waals surface area contributed by atoms with Crippen molar-refractivity contribution in [2.24, 2.45) is 0 Å². The third kappa shape index (κ3) is 5.07. The fourth-order valence-electron chi connectivity index (χ4n) is 2.51. The number of nitrogens with zero attached hydrogens (tertiary/aromatic N) is 2. The summed E-state index contributed by atoms with van der Waals surface area (Å²) in [5, 5.41) is 2.74. The molecule has 7 heteroatoms. The molecular formula is C20H17F2N3O2. The normalized spacial score (nSPS) is 10.7. The van der Waals surface area contributed by atoms with Gasteiger partial charge in [0.1, 0.15) is 5.75 Å². The summed E-state index contributed by atoms with van der Waals surface area (Å²) in [7, 11) is 0. The number of aryl methyl sites for hydroxylation is 1. The molecule has 2 aromatic heterocycles. The van der Waals surface area contributed by atoms with Crippen LogP contribution in [0.2, 0.25) is 0 Å². The molecule has 5 nitrogen and oxygen atoms in total. The Balaban J connectivity index is 1.65. The summed E-state index contributed by atoms with van der Waals surface area (Å²) in [6, 6.07) is 12.6. The number of hydrogen-bond donors (Lipinski definition) is 1. The summed E-state index contributed by atoms with van der Waals surface area (Å²) in [5.41, 5.74) is 3.89. The average molecular weight is 369 g/mol. The fourth-order valence-corrected chi connectivity index (χ4v) is 2.51. The number of nitrogens with one attached hydrogen (secondary N) is 1. The van der Waals surface area contributed by atoms with E-state index in [0.29, 0.717) is 11.3 Å². The molecule has 0 radical (unpaired) electrons. The highest BCUT2D eigenvalue weighted by atomic mass is 19.3. The largest absolute Gasteiger partial charge is 0.433 e. The minimum Gasteiger partial charge on any atom is -0.433 e. The van der Waals surface area contributed by atoms with Crippen molar-refractivity contribution >= 4 is 5.91 Å². The van der Waals surface area contributed by atoms with E-state index < -0.39 is 6.61 Å². The number of carbonyl (C=O) groups is 1. The quantitative estimate of drug-likeness (QED) is 0.714. The molecule has 2 heterocycles. The molecule has 0 saturated carbocycles. The summed E-state index contributed by atoms with van der Waals surface area (Å²) in [4.78, 5) is 20.5. The number of benzene rings is 1. The first kappa shape index (κ1) is 18.4. The Bertz CT molecular complexity index is 931. The molecule has 3 aromatic rings. The van der Waals surface area contributed by atoms with Crippen molar-refractivity contribution in [2.45, 2.75) is 20.1 Å². The second-order valence-electron chi connectivity index (χ2n) is 5.88. The smallest absolute Gasteiger partial charge is 0.387 e. The summed E-state index contributed by atoms with van der Waals surface area (Å²) >= 11 is 0. The Morgan fingerprint density at radius 3 is 2.67 bits per heavy atom. The number of pyridine rings is 2. The number of aromatic nitrogens is 2. The van der Waals surface area contributed by atoms with Crippen molar-refractivity contribution in [3.8, 4) is 16.9 Å². The van der Waals surface area contributed by atoms with Gasteiger partial charge in [0.2, 0.25) is 0 Å². The van der Waals surface area contributed by atoms with Gasteiger partial charge in [0, 0.05) is 18.0 Å². The minimum absolute atomic E-state index is 0.0323. The molecule has 1 N–H and O–H groups in total. The molecule has 3 rings (SSSR count). The number of hydrogen-bond acceptors (Lipinski definition) is 4. The van der Waals surface area contributed by atoms with Gasteiger partial charge in [-0.2, -0.15) is 8.78 Å². The number of ether oxygens (including phenoxy) is 1. The number of alkyl halides is 2. The maximum atomic E-state index is 12.4. The van der Waals surface area contributed by atoms with E-state index in [-0.39, 0.29) is 18.2 Å². The van der Waals surface area contributed by atoms with Crippen molar-refractivity contribution in [3.05, 3.63) is 77.9 Å². The zero-order valence-corrected chi connectivity index (χ0v) is 14.5. The summed E-state index contributed by atoms with van der Waals surface area (Å²) in [6.07, 6.45) is 4.38. The first-order chi connectivity index (χ1) is 13.0. The van der Waals surface area contributed by atoms with E-state index in [1.54, 1.807) is 12.3 Å². The van der Waals surface area contributed by atoms with Crippen molar-refractivity contribution in [3.63, 3.8) is 0 Å². The predicted octanol–water partition coefficient (Wildman–Crippen LogP) is 3.98. The summed E-state index contributed by atoms with van der Waals surface area (Å²) in [6.45, 7) is -0.744. The molecule has 0 atom stereocenters. The molecule has 0 aliphatic carbocycles. The van der Waals surface area contributed by atoms with E-state index >= 15 is 0 Å². The third-order valence-electron chi connectivity index (χ3n) is 3.80. The van der Waals surface area contributed by atoms with Gasteiger partial charge in [0.25, 0.3) is 5.91 Å². The molecule has 0 saturated heterocycles. The molecule has 0 spiro atoms. The number of halogens is 2. The van der Waals surface area contributed by atoms with Gasteiger partial charge >= 0.3 is 6.61 Å². The van der Waals surface area contributed by atoms with Crippen LogP contribution in [0.5, 0.6) is 5.75 Å². The van der Waals surface area contributed by atoms with Gasteiger partial charge in [-0.05, 0) is 30.7 Å². The molecule has 0 unspecified atom stereocenters. The lowest BCUT2D eigenvalue weighted by atomic mass is 10.0. The monoisotopic (exact) mass is 369 g/mol. The van der Waals surface area contributed by atoms with E-state index in [4.69, 9.17) is 0 Å². The van der Waals surface area contributed by atoms with Gasteiger partial charge in [-0.25, -0.2) is 0 Å². The predicted molar refractivity (Wildman–Crippen MR) is 96.4 cm³/mol. The SMILES string of the molecule is Cc1cccc(-c2cncc(C(=O)NCc3ccc(OC(F)F)cn3)c2)c1. The molecule has 138 valence electrons. The van der Waals surface area contributed by atoms with Crippen molar-refractivity contribution in [1.29, 1.82) is 0 Å². The van der Waals surface area contributed by atoms with E-state index in [1.807, 2.05) is 31.2 Å². The van der Waals surface area contributed by atoms with Gasteiger partial charge in [0.15, 0.2) is 0 Å². The van der Waals surface area contributed by atoms with Crippen molar-refractivity contribution in [2.75, 3.05) is 0 Å². The van der Waals surface area contributed by atoms with Crippen LogP contribution in [0, 0.1) is 6.92 Å². The molecule has 0 fully saturated rings. The Morgan fingerprint density at radius 2 is 1.96 bits per heavy atom. The van der Waals surface area contributed by atoms with Gasteiger partial charge in [-0.15, -0.1) is 0 Å². The Kier molecular flexibility index (Phi) is 5.71. The molecule has 1 amide bonds. The van der Waals surface area contributed by atoms with Crippen LogP contribution in [-0.2, 0) is 6.54 Å². The van der Waals surface area contributed by atoms with Gasteiger partial charge in [0.05, 0.1) is 24.0 Å². The number of amides is 1. The first-order valence-corrected chi connectivity index (χ1v) is 8.21. The van der Waals surface area contributed by atoms with Crippen LogP contribution < -0.4 is 10.1 Å². The summed E-state index contributed by atoms with van der Waals surface area (Å²) in [5.74, 6) is -0.332. The second kappa shape index (κ2) is 8.35. The summed E-state index contributed by atoms with van der Waals surface area (Å²) < 4.78 is 28.5. The number of carbonyl (C=O) groups excluding carboxylic acids is 1. The lowest BCUT2D eigenvalue weighted by Gasteiger charge is -2.08. The molecular weight excluding hydrogens is 352 g/mol. The van der Waals surface area contributed by atoms with E-state index in [1.165, 1.54) is 24.5 Å². The van der Waals surface area contributed by atoms with Crippen LogP contribution in [0.25, 0.3) is 11.1 Å². The van der Waals surface area contributed by atoms with E-state index in [0.717, 1.165) is 16.7 Å². The van der Waals surface area contributed by atoms with Crippen LogP contribution in [0.4, 0.5) is 8.78 Å². The van der Waals surface area contributed by atoms with Gasteiger partial charge in [-0.3, -0.25) is 14.8 Å². The average Bonchev–Trinajstić information content (AvgIpc) is 2.67. The standard InChI is InChI=1S/C20H17F2N3O2/c1-13-3-2-4-14(7-13)15-8-16(10-23-9-15)19(26)25-11-17-5-6-18(12-24-17)27-20(21)22/h2-10,12,20H,11H2,1H3,(H,25,26). The zero-order valence-electron chi connectivity index (χ0n) is 14.5. The third-order valence-corrected chi connectivity index (χ3v) is 3.80. The van der Waals surface area contributed by atoms with Crippen LogP contribution in [-0.4, -0.2) is 22.5 Å². The Hall–Kier alpha value is -3.35. The molecule has 1 aromatic carbocycles. The van der Waals surface area contributed by atoms with Crippen LogP contribution in [0.3, 0.4) is 0 Å². The van der Waals surface area contributed by atoms with Crippen molar-refractivity contribution in [1.82, 2.24) is 15.3 Å². The highest BCUT2D eigenvalue weighted by molar-refractivity contribution is 5.95. The van der Waals surface area contributed by atoms with E-state index in [2.05, 4.69) is 20.0 Å². The van der Waals surface area contributed by atoms with Gasteiger partial charge < -0.3 is 10.1 Å². The van der Waals surface area contributed by atoms with Crippen molar-refractivity contribution < 1.29 is 18.3 Å². The molecule has 27 heavy (non-hydrogen) atoms. The zero-order chi connectivity index (χ0) is 19.2. The highest BCUT2D eigenvalue weighted by Crippen LogP contribution is 2.20. The van der Waals surface area contributed by atoms with Crippen LogP contribution in [0.1, 0.15) is 21.6 Å². The van der Waals surface area contributed by atoms with Gasteiger partial charge in [-0.1, -0.05) is 29.8 Å². The Labute approximate surface area is 155 Å². The molecule has 0 aliphatic rings. The minimum atomic E-state index is -2.90. The molecule has 0 bridgehead atoms. The maximum Gasteiger partial charge on any atom is 0.387 e. The van der Waals surface area contributed by atoms with E-state index in [9.17, 15) is 13.6 Å².